The number of halogens is 5. The fourth-order valence-corrected chi connectivity index (χ4v) is 4.33. The second-order valence-electron chi connectivity index (χ2n) is 7.18. The minimum absolute atomic E-state index is 0.186. The molecule has 7 heteroatoms. The SMILES string of the molecule is FC(F)(F)c1ccccc1CN1CCCn2cccc2C1c1ccc(Cl)c(Cl)c1. The molecule has 0 saturated carbocycles. The molecule has 1 aliphatic heterocycles. The highest BCUT2D eigenvalue weighted by Gasteiger charge is 2.35. The third-order valence-corrected chi connectivity index (χ3v) is 6.05. The topological polar surface area (TPSA) is 8.17 Å². The molecule has 2 aromatic carbocycles. The van der Waals surface area contributed by atoms with Crippen molar-refractivity contribution in [3.05, 3.63) is 93.2 Å². The van der Waals surface area contributed by atoms with Crippen LogP contribution in [0, 0.1) is 0 Å². The third kappa shape index (κ3) is 4.18. The normalized spacial score (nSPS) is 17.8. The van der Waals surface area contributed by atoms with E-state index in [4.69, 9.17) is 23.2 Å². The summed E-state index contributed by atoms with van der Waals surface area (Å²) >= 11 is 12.4. The Morgan fingerprint density at radius 2 is 1.72 bits per heavy atom. The van der Waals surface area contributed by atoms with Gasteiger partial charge in [0.05, 0.1) is 21.7 Å². The summed E-state index contributed by atoms with van der Waals surface area (Å²) in [6.45, 7) is 1.67. The zero-order valence-corrected chi connectivity index (χ0v) is 17.0. The number of benzene rings is 2. The maximum Gasteiger partial charge on any atom is 0.416 e. The average molecular weight is 439 g/mol. The maximum atomic E-state index is 13.5. The van der Waals surface area contributed by atoms with Crippen LogP contribution in [0.4, 0.5) is 13.2 Å². The van der Waals surface area contributed by atoms with Gasteiger partial charge in [-0.2, -0.15) is 13.2 Å². The summed E-state index contributed by atoms with van der Waals surface area (Å²) in [5.41, 5.74) is 1.62. The fraction of sp³-hybridized carbons (Fsp3) is 0.273. The van der Waals surface area contributed by atoms with Crippen LogP contribution in [0.5, 0.6) is 0 Å². The highest BCUT2D eigenvalue weighted by molar-refractivity contribution is 6.42. The molecular weight excluding hydrogens is 420 g/mol. The van der Waals surface area contributed by atoms with Crippen molar-refractivity contribution >= 4 is 23.2 Å². The molecule has 2 heterocycles. The predicted octanol–water partition coefficient (Wildman–Crippen LogP) is 6.81. The van der Waals surface area contributed by atoms with E-state index in [1.807, 2.05) is 24.4 Å². The van der Waals surface area contributed by atoms with Crippen LogP contribution in [0.1, 0.15) is 34.8 Å². The van der Waals surface area contributed by atoms with Crippen LogP contribution in [0.2, 0.25) is 10.0 Å². The Balaban J connectivity index is 1.78. The van der Waals surface area contributed by atoms with Crippen molar-refractivity contribution in [1.82, 2.24) is 9.47 Å². The van der Waals surface area contributed by atoms with E-state index in [0.717, 1.165) is 30.3 Å². The summed E-state index contributed by atoms with van der Waals surface area (Å²) in [4.78, 5) is 2.09. The molecule has 0 saturated heterocycles. The Morgan fingerprint density at radius 3 is 2.48 bits per heavy atom. The third-order valence-electron chi connectivity index (χ3n) is 5.31. The highest BCUT2D eigenvalue weighted by Crippen LogP contribution is 2.38. The minimum Gasteiger partial charge on any atom is -0.350 e. The molecule has 1 atom stereocenters. The number of aryl methyl sites for hydroxylation is 1. The summed E-state index contributed by atoms with van der Waals surface area (Å²) < 4.78 is 42.8. The Hall–Kier alpha value is -1.95. The number of alkyl halides is 3. The predicted molar refractivity (Wildman–Crippen MR) is 109 cm³/mol. The monoisotopic (exact) mass is 438 g/mol. The maximum absolute atomic E-state index is 13.5. The van der Waals surface area contributed by atoms with E-state index in [-0.39, 0.29) is 18.2 Å². The standard InChI is InChI=1S/C22H19Cl2F3N2/c23-18-9-8-15(13-19(18)24)21-20-7-3-10-28(20)11-4-12-29(21)14-16-5-1-2-6-17(16)22(25,26)27/h1-3,5-10,13,21H,4,11-12,14H2. The lowest BCUT2D eigenvalue weighted by atomic mass is 9.99. The first-order valence-electron chi connectivity index (χ1n) is 9.34. The van der Waals surface area contributed by atoms with Gasteiger partial charge in [0.1, 0.15) is 0 Å². The van der Waals surface area contributed by atoms with Crippen LogP contribution < -0.4 is 0 Å². The molecule has 1 unspecified atom stereocenters. The summed E-state index contributed by atoms with van der Waals surface area (Å²) in [7, 11) is 0. The van der Waals surface area contributed by atoms with Gasteiger partial charge in [0.2, 0.25) is 0 Å². The van der Waals surface area contributed by atoms with Crippen molar-refractivity contribution in [2.24, 2.45) is 0 Å². The van der Waals surface area contributed by atoms with Gasteiger partial charge in [-0.3, -0.25) is 4.90 Å². The van der Waals surface area contributed by atoms with Crippen LogP contribution in [-0.2, 0) is 19.3 Å². The van der Waals surface area contributed by atoms with Gasteiger partial charge in [0.15, 0.2) is 0 Å². The number of fused-ring (bicyclic) bond motifs is 1. The summed E-state index contributed by atoms with van der Waals surface area (Å²) in [6, 6.07) is 15.0. The van der Waals surface area contributed by atoms with Gasteiger partial charge in [-0.05, 0) is 47.9 Å². The van der Waals surface area contributed by atoms with Gasteiger partial charge in [0.25, 0.3) is 0 Å². The smallest absolute Gasteiger partial charge is 0.350 e. The number of aromatic nitrogens is 1. The molecule has 0 radical (unpaired) electrons. The van der Waals surface area contributed by atoms with Crippen LogP contribution in [-0.4, -0.2) is 16.0 Å². The van der Waals surface area contributed by atoms with E-state index in [2.05, 4.69) is 9.47 Å². The van der Waals surface area contributed by atoms with Crippen molar-refractivity contribution < 1.29 is 13.2 Å². The lowest BCUT2D eigenvalue weighted by Gasteiger charge is -2.31. The van der Waals surface area contributed by atoms with E-state index < -0.39 is 11.7 Å². The number of hydrogen-bond donors (Lipinski definition) is 0. The van der Waals surface area contributed by atoms with Gasteiger partial charge in [-0.15, -0.1) is 0 Å². The molecule has 0 N–H and O–H groups in total. The van der Waals surface area contributed by atoms with Gasteiger partial charge in [-0.1, -0.05) is 47.5 Å². The molecule has 0 bridgehead atoms. The van der Waals surface area contributed by atoms with E-state index >= 15 is 0 Å². The first kappa shape index (κ1) is 20.3. The molecule has 0 fully saturated rings. The Morgan fingerprint density at radius 1 is 0.931 bits per heavy atom. The molecule has 3 aromatic rings. The first-order valence-corrected chi connectivity index (χ1v) is 10.1. The molecule has 1 aromatic heterocycles. The molecule has 1 aliphatic rings. The number of rotatable bonds is 3. The quantitative estimate of drug-likeness (QED) is 0.435. The van der Waals surface area contributed by atoms with Crippen molar-refractivity contribution in [2.45, 2.75) is 31.7 Å². The van der Waals surface area contributed by atoms with Crippen molar-refractivity contribution in [1.29, 1.82) is 0 Å². The molecule has 2 nitrogen and oxygen atoms in total. The zero-order valence-electron chi connectivity index (χ0n) is 15.5. The zero-order chi connectivity index (χ0) is 20.6. The molecular formula is C22H19Cl2F3N2. The Kier molecular flexibility index (Phi) is 5.65. The average Bonchev–Trinajstić information content (AvgIpc) is 3.05. The number of nitrogens with zero attached hydrogens (tertiary/aromatic N) is 2. The minimum atomic E-state index is -4.39. The lowest BCUT2D eigenvalue weighted by molar-refractivity contribution is -0.138. The highest BCUT2D eigenvalue weighted by atomic mass is 35.5. The molecule has 0 amide bonds. The Bertz CT molecular complexity index is 1010. The number of hydrogen-bond acceptors (Lipinski definition) is 1. The van der Waals surface area contributed by atoms with Crippen molar-refractivity contribution in [2.75, 3.05) is 6.54 Å². The summed E-state index contributed by atoms with van der Waals surface area (Å²) in [5, 5.41) is 0.885. The van der Waals surface area contributed by atoms with E-state index in [1.165, 1.54) is 6.07 Å². The fourth-order valence-electron chi connectivity index (χ4n) is 4.03. The summed E-state index contributed by atoms with van der Waals surface area (Å²) in [6.07, 6.45) is -1.54. The second-order valence-corrected chi connectivity index (χ2v) is 8.00. The largest absolute Gasteiger partial charge is 0.416 e. The molecule has 0 spiro atoms. The van der Waals surface area contributed by atoms with Gasteiger partial charge in [-0.25, -0.2) is 0 Å². The van der Waals surface area contributed by atoms with Crippen LogP contribution in [0.15, 0.2) is 60.8 Å². The van der Waals surface area contributed by atoms with E-state index in [9.17, 15) is 13.2 Å². The lowest BCUT2D eigenvalue weighted by Crippen LogP contribution is -2.30. The van der Waals surface area contributed by atoms with E-state index in [0.29, 0.717) is 16.6 Å². The van der Waals surface area contributed by atoms with Crippen molar-refractivity contribution in [3.8, 4) is 0 Å². The molecule has 152 valence electrons. The first-order chi connectivity index (χ1) is 13.8. The molecule has 0 aliphatic carbocycles. The molecule has 29 heavy (non-hydrogen) atoms. The summed E-state index contributed by atoms with van der Waals surface area (Å²) in [5.74, 6) is 0. The van der Waals surface area contributed by atoms with Crippen LogP contribution in [0.3, 0.4) is 0 Å². The Labute approximate surface area is 177 Å². The van der Waals surface area contributed by atoms with Gasteiger partial charge < -0.3 is 4.57 Å². The van der Waals surface area contributed by atoms with Crippen molar-refractivity contribution in [3.63, 3.8) is 0 Å². The van der Waals surface area contributed by atoms with Crippen LogP contribution >= 0.6 is 23.2 Å². The van der Waals surface area contributed by atoms with Gasteiger partial charge in [0, 0.05) is 31.5 Å². The van der Waals surface area contributed by atoms with Crippen LogP contribution in [0.25, 0.3) is 0 Å². The second kappa shape index (κ2) is 8.05. The molecule has 4 rings (SSSR count). The van der Waals surface area contributed by atoms with E-state index in [1.54, 1.807) is 24.3 Å². The van der Waals surface area contributed by atoms with Gasteiger partial charge >= 0.3 is 6.18 Å².